The van der Waals surface area contributed by atoms with E-state index in [9.17, 15) is 0 Å². The van der Waals surface area contributed by atoms with Crippen LogP contribution < -0.4 is 0 Å². The zero-order chi connectivity index (χ0) is 7.40. The Morgan fingerprint density at radius 2 is 2.40 bits per heavy atom. The van der Waals surface area contributed by atoms with Gasteiger partial charge in [0.1, 0.15) is 5.76 Å². The van der Waals surface area contributed by atoms with Gasteiger partial charge in [-0.05, 0) is 12.1 Å². The van der Waals surface area contributed by atoms with E-state index >= 15 is 0 Å². The molecule has 1 aromatic heterocycles. The van der Waals surface area contributed by atoms with Gasteiger partial charge in [-0.15, -0.1) is 0 Å². The summed E-state index contributed by atoms with van der Waals surface area (Å²) >= 11 is 0. The Labute approximate surface area is 58.9 Å². The lowest BCUT2D eigenvalue weighted by atomic mass is 10.2. The van der Waals surface area contributed by atoms with Crippen LogP contribution in [0.4, 0.5) is 0 Å². The number of hydrogen-bond acceptors (Lipinski definition) is 3. The molecule has 1 unspecified atom stereocenters. The van der Waals surface area contributed by atoms with E-state index in [1.807, 2.05) is 0 Å². The maximum Gasteiger partial charge on any atom is 0.106 e. The first kappa shape index (κ1) is 7.31. The number of aliphatic hydroxyl groups excluding tert-OH is 2. The highest BCUT2D eigenvalue weighted by Crippen LogP contribution is 2.02. The van der Waals surface area contributed by atoms with Crippen molar-refractivity contribution in [1.29, 1.82) is 0 Å². The van der Waals surface area contributed by atoms with Gasteiger partial charge in [0.05, 0.1) is 19.0 Å². The summed E-state index contributed by atoms with van der Waals surface area (Å²) < 4.78 is 4.93. The van der Waals surface area contributed by atoms with E-state index in [1.165, 1.54) is 0 Å². The minimum absolute atomic E-state index is 0.222. The first-order valence-electron chi connectivity index (χ1n) is 3.14. The molecule has 0 aliphatic heterocycles. The molecule has 2 N–H and O–H groups in total. The van der Waals surface area contributed by atoms with Gasteiger partial charge in [-0.25, -0.2) is 0 Å². The van der Waals surface area contributed by atoms with Gasteiger partial charge in [0, 0.05) is 6.42 Å². The first-order valence-corrected chi connectivity index (χ1v) is 3.14. The summed E-state index contributed by atoms with van der Waals surface area (Å²) in [6, 6.07) is 3.51. The lowest BCUT2D eigenvalue weighted by molar-refractivity contribution is 0.0911. The Morgan fingerprint density at radius 1 is 1.60 bits per heavy atom. The lowest BCUT2D eigenvalue weighted by Crippen LogP contribution is -2.14. The monoisotopic (exact) mass is 142 g/mol. The molecular formula is C7H10O3. The van der Waals surface area contributed by atoms with E-state index in [-0.39, 0.29) is 6.61 Å². The van der Waals surface area contributed by atoms with Gasteiger partial charge < -0.3 is 14.6 Å². The largest absolute Gasteiger partial charge is 0.469 e. The van der Waals surface area contributed by atoms with Crippen molar-refractivity contribution in [2.75, 3.05) is 6.61 Å². The second-order valence-electron chi connectivity index (χ2n) is 2.12. The smallest absolute Gasteiger partial charge is 0.106 e. The minimum atomic E-state index is -0.703. The molecule has 1 atom stereocenters. The maximum atomic E-state index is 8.92. The second kappa shape index (κ2) is 3.39. The predicted molar refractivity (Wildman–Crippen MR) is 35.5 cm³/mol. The summed E-state index contributed by atoms with van der Waals surface area (Å²) in [5.41, 5.74) is 0. The number of furan rings is 1. The fourth-order valence-corrected chi connectivity index (χ4v) is 0.726. The fraction of sp³-hybridized carbons (Fsp3) is 0.429. The molecule has 0 spiro atoms. The zero-order valence-corrected chi connectivity index (χ0v) is 5.53. The standard InChI is InChI=1S/C7H10O3/c8-5-6(9)4-7-2-1-3-10-7/h1-3,6,8-9H,4-5H2. The maximum absolute atomic E-state index is 8.92. The highest BCUT2D eigenvalue weighted by molar-refractivity contribution is 4.99. The minimum Gasteiger partial charge on any atom is -0.469 e. The molecule has 3 nitrogen and oxygen atoms in total. The molecule has 0 amide bonds. The van der Waals surface area contributed by atoms with Gasteiger partial charge in [-0.2, -0.15) is 0 Å². The Morgan fingerprint density at radius 3 is 2.90 bits per heavy atom. The van der Waals surface area contributed by atoms with E-state index in [1.54, 1.807) is 18.4 Å². The summed E-state index contributed by atoms with van der Waals surface area (Å²) in [6.07, 6.45) is 1.22. The summed E-state index contributed by atoms with van der Waals surface area (Å²) in [5, 5.41) is 17.4. The van der Waals surface area contributed by atoms with Gasteiger partial charge >= 0.3 is 0 Å². The third kappa shape index (κ3) is 1.86. The van der Waals surface area contributed by atoms with Crippen LogP contribution >= 0.6 is 0 Å². The Bertz CT molecular complexity index is 169. The molecule has 0 fully saturated rings. The fourth-order valence-electron chi connectivity index (χ4n) is 0.726. The van der Waals surface area contributed by atoms with E-state index in [4.69, 9.17) is 14.6 Å². The molecule has 0 saturated heterocycles. The summed E-state index contributed by atoms with van der Waals surface area (Å²) in [6.45, 7) is -0.222. The van der Waals surface area contributed by atoms with Gasteiger partial charge in [0.2, 0.25) is 0 Å². The van der Waals surface area contributed by atoms with Crippen molar-refractivity contribution in [2.24, 2.45) is 0 Å². The topological polar surface area (TPSA) is 53.6 Å². The molecule has 10 heavy (non-hydrogen) atoms. The third-order valence-corrected chi connectivity index (χ3v) is 1.23. The summed E-state index contributed by atoms with van der Waals surface area (Å²) in [5.74, 6) is 0.696. The van der Waals surface area contributed by atoms with Crippen molar-refractivity contribution in [3.8, 4) is 0 Å². The molecule has 56 valence electrons. The molecular weight excluding hydrogens is 132 g/mol. The molecule has 0 aliphatic carbocycles. The average Bonchev–Trinajstić information content (AvgIpc) is 2.40. The van der Waals surface area contributed by atoms with Crippen molar-refractivity contribution in [3.63, 3.8) is 0 Å². The van der Waals surface area contributed by atoms with Crippen molar-refractivity contribution >= 4 is 0 Å². The highest BCUT2D eigenvalue weighted by atomic mass is 16.3. The Kier molecular flexibility index (Phi) is 2.48. The van der Waals surface area contributed by atoms with Gasteiger partial charge in [-0.3, -0.25) is 0 Å². The van der Waals surface area contributed by atoms with Crippen LogP contribution in [-0.4, -0.2) is 22.9 Å². The summed E-state index contributed by atoms with van der Waals surface area (Å²) in [7, 11) is 0. The van der Waals surface area contributed by atoms with E-state index in [0.717, 1.165) is 0 Å². The van der Waals surface area contributed by atoms with Gasteiger partial charge in [0.15, 0.2) is 0 Å². The molecule has 1 aromatic rings. The number of rotatable bonds is 3. The van der Waals surface area contributed by atoms with Crippen molar-refractivity contribution in [3.05, 3.63) is 24.2 Å². The van der Waals surface area contributed by atoms with Crippen molar-refractivity contribution in [2.45, 2.75) is 12.5 Å². The van der Waals surface area contributed by atoms with Crippen molar-refractivity contribution < 1.29 is 14.6 Å². The average molecular weight is 142 g/mol. The van der Waals surface area contributed by atoms with Crippen LogP contribution in [0.5, 0.6) is 0 Å². The molecule has 0 saturated carbocycles. The van der Waals surface area contributed by atoms with Gasteiger partial charge in [0.25, 0.3) is 0 Å². The molecule has 1 rings (SSSR count). The van der Waals surface area contributed by atoms with E-state index in [0.29, 0.717) is 12.2 Å². The zero-order valence-electron chi connectivity index (χ0n) is 5.53. The molecule has 0 aromatic carbocycles. The van der Waals surface area contributed by atoms with Crippen LogP contribution in [-0.2, 0) is 6.42 Å². The SMILES string of the molecule is OCC(O)Cc1ccco1. The van der Waals surface area contributed by atoms with Crippen LogP contribution in [0.3, 0.4) is 0 Å². The number of aliphatic hydroxyl groups is 2. The molecule has 1 heterocycles. The quantitative estimate of drug-likeness (QED) is 0.632. The molecule has 3 heteroatoms. The summed E-state index contributed by atoms with van der Waals surface area (Å²) in [4.78, 5) is 0. The normalized spacial score (nSPS) is 13.4. The Balaban J connectivity index is 2.40. The van der Waals surface area contributed by atoms with Crippen molar-refractivity contribution in [1.82, 2.24) is 0 Å². The molecule has 0 bridgehead atoms. The van der Waals surface area contributed by atoms with Crippen LogP contribution in [0, 0.1) is 0 Å². The van der Waals surface area contributed by atoms with E-state index < -0.39 is 6.10 Å². The molecule has 0 aliphatic rings. The Hall–Kier alpha value is -0.800. The van der Waals surface area contributed by atoms with Crippen LogP contribution in [0.15, 0.2) is 22.8 Å². The van der Waals surface area contributed by atoms with Crippen LogP contribution in [0.1, 0.15) is 5.76 Å². The molecule has 0 radical (unpaired) electrons. The van der Waals surface area contributed by atoms with Crippen LogP contribution in [0.25, 0.3) is 0 Å². The highest BCUT2D eigenvalue weighted by Gasteiger charge is 2.04. The first-order chi connectivity index (χ1) is 4.83. The third-order valence-electron chi connectivity index (χ3n) is 1.23. The van der Waals surface area contributed by atoms with Crippen LogP contribution in [0.2, 0.25) is 0 Å². The van der Waals surface area contributed by atoms with Gasteiger partial charge in [-0.1, -0.05) is 0 Å². The number of hydrogen-bond donors (Lipinski definition) is 2. The second-order valence-corrected chi connectivity index (χ2v) is 2.12. The lowest BCUT2D eigenvalue weighted by Gasteiger charge is -2.02. The predicted octanol–water partition coefficient (Wildman–Crippen LogP) is 0.175. The van der Waals surface area contributed by atoms with E-state index in [2.05, 4.69) is 0 Å².